The van der Waals surface area contributed by atoms with E-state index in [9.17, 15) is 12.8 Å². The predicted octanol–water partition coefficient (Wildman–Crippen LogP) is 4.32. The summed E-state index contributed by atoms with van der Waals surface area (Å²) in [6.07, 6.45) is 2.68. The molecule has 1 aliphatic rings. The molecular formula is C22H30ClFN4O2S. The quantitative estimate of drug-likeness (QED) is 0.665. The van der Waals surface area contributed by atoms with Gasteiger partial charge in [0.2, 0.25) is 5.95 Å². The molecule has 1 atom stereocenters. The summed E-state index contributed by atoms with van der Waals surface area (Å²) in [5.74, 6) is 0.202. The van der Waals surface area contributed by atoms with Crippen LogP contribution in [0.4, 0.5) is 16.0 Å². The molecule has 1 saturated heterocycles. The molecule has 31 heavy (non-hydrogen) atoms. The van der Waals surface area contributed by atoms with E-state index in [2.05, 4.69) is 49.4 Å². The summed E-state index contributed by atoms with van der Waals surface area (Å²) in [4.78, 5) is 13.3. The van der Waals surface area contributed by atoms with Crippen LogP contribution >= 0.6 is 11.6 Å². The number of anilines is 2. The number of nitrogens with zero attached hydrogens (tertiary/aromatic N) is 4. The van der Waals surface area contributed by atoms with Gasteiger partial charge >= 0.3 is 0 Å². The Kier molecular flexibility index (Phi) is 6.54. The van der Waals surface area contributed by atoms with E-state index < -0.39 is 15.7 Å². The molecule has 170 valence electrons. The molecule has 3 rings (SSSR count). The van der Waals surface area contributed by atoms with Gasteiger partial charge in [0.05, 0.1) is 23.0 Å². The maximum absolute atomic E-state index is 14.1. The Morgan fingerprint density at radius 2 is 1.90 bits per heavy atom. The SMILES string of the molecule is CC(C)C1CN(c2ccc(F)c(S(C)(=O)=O)c2)CCN1c1ncc(Cl)c(C(C)(C)C)n1. The number of benzene rings is 1. The first kappa shape index (κ1) is 23.7. The number of hydrogen-bond acceptors (Lipinski definition) is 6. The molecule has 1 aromatic heterocycles. The molecule has 0 spiro atoms. The third-order valence-corrected chi connectivity index (χ3v) is 6.95. The largest absolute Gasteiger partial charge is 0.368 e. The lowest BCUT2D eigenvalue weighted by atomic mass is 9.92. The Bertz CT molecular complexity index is 1070. The highest BCUT2D eigenvalue weighted by Gasteiger charge is 2.33. The highest BCUT2D eigenvalue weighted by molar-refractivity contribution is 7.90. The average molecular weight is 469 g/mol. The van der Waals surface area contributed by atoms with Gasteiger partial charge in [0.1, 0.15) is 10.7 Å². The fourth-order valence-electron chi connectivity index (χ4n) is 3.86. The summed E-state index contributed by atoms with van der Waals surface area (Å²) in [6, 6.07) is 4.37. The normalized spacial score (nSPS) is 18.0. The van der Waals surface area contributed by atoms with Crippen LogP contribution in [0.3, 0.4) is 0 Å². The number of aromatic nitrogens is 2. The Morgan fingerprint density at radius 3 is 2.48 bits per heavy atom. The molecule has 0 radical (unpaired) electrons. The number of rotatable bonds is 4. The zero-order chi connectivity index (χ0) is 23.1. The topological polar surface area (TPSA) is 66.4 Å². The molecule has 2 aromatic rings. The second-order valence-electron chi connectivity index (χ2n) is 9.45. The molecule has 9 heteroatoms. The van der Waals surface area contributed by atoms with Crippen LogP contribution in [-0.2, 0) is 15.3 Å². The molecule has 0 N–H and O–H groups in total. The molecule has 1 aliphatic heterocycles. The molecule has 6 nitrogen and oxygen atoms in total. The lowest BCUT2D eigenvalue weighted by Crippen LogP contribution is -2.56. The number of piperazine rings is 1. The van der Waals surface area contributed by atoms with Crippen LogP contribution in [0.15, 0.2) is 29.3 Å². The van der Waals surface area contributed by atoms with Crippen molar-refractivity contribution < 1.29 is 12.8 Å². The zero-order valence-corrected chi connectivity index (χ0v) is 20.4. The maximum atomic E-state index is 14.1. The summed E-state index contributed by atoms with van der Waals surface area (Å²) in [5.41, 5.74) is 1.29. The van der Waals surface area contributed by atoms with Crippen LogP contribution in [0.1, 0.15) is 40.3 Å². The minimum atomic E-state index is -3.65. The van der Waals surface area contributed by atoms with E-state index in [0.29, 0.717) is 36.3 Å². The minimum Gasteiger partial charge on any atom is -0.368 e. The highest BCUT2D eigenvalue weighted by Crippen LogP contribution is 2.32. The van der Waals surface area contributed by atoms with Gasteiger partial charge in [0.15, 0.2) is 9.84 Å². The number of sulfone groups is 1. The summed E-state index contributed by atoms with van der Waals surface area (Å²) in [7, 11) is -3.65. The molecule has 0 aliphatic carbocycles. The van der Waals surface area contributed by atoms with Crippen molar-refractivity contribution in [2.75, 3.05) is 35.7 Å². The second kappa shape index (κ2) is 8.54. The van der Waals surface area contributed by atoms with E-state index >= 15 is 0 Å². The van der Waals surface area contributed by atoms with Crippen molar-refractivity contribution in [2.24, 2.45) is 5.92 Å². The van der Waals surface area contributed by atoms with Gasteiger partial charge in [-0.15, -0.1) is 0 Å². The summed E-state index contributed by atoms with van der Waals surface area (Å²) in [6.45, 7) is 12.4. The van der Waals surface area contributed by atoms with Crippen LogP contribution in [0, 0.1) is 11.7 Å². The van der Waals surface area contributed by atoms with Crippen molar-refractivity contribution in [1.29, 1.82) is 0 Å². The van der Waals surface area contributed by atoms with E-state index in [4.69, 9.17) is 16.6 Å². The van der Waals surface area contributed by atoms with Crippen LogP contribution < -0.4 is 9.80 Å². The molecule has 0 saturated carbocycles. The lowest BCUT2D eigenvalue weighted by molar-refractivity contribution is 0.412. The summed E-state index contributed by atoms with van der Waals surface area (Å²) >= 11 is 6.35. The molecule has 0 bridgehead atoms. The van der Waals surface area contributed by atoms with Crippen molar-refractivity contribution in [3.63, 3.8) is 0 Å². The summed E-state index contributed by atoms with van der Waals surface area (Å²) in [5, 5.41) is 0.551. The molecular weight excluding hydrogens is 439 g/mol. The fraction of sp³-hybridized carbons (Fsp3) is 0.545. The van der Waals surface area contributed by atoms with Crippen LogP contribution in [0.5, 0.6) is 0 Å². The first-order chi connectivity index (χ1) is 14.3. The molecule has 1 aromatic carbocycles. The van der Waals surface area contributed by atoms with E-state index in [1.54, 1.807) is 12.3 Å². The van der Waals surface area contributed by atoms with Crippen LogP contribution in [0.25, 0.3) is 0 Å². The second-order valence-corrected chi connectivity index (χ2v) is 11.8. The van der Waals surface area contributed by atoms with Crippen molar-refractivity contribution in [1.82, 2.24) is 9.97 Å². The van der Waals surface area contributed by atoms with Crippen molar-refractivity contribution >= 4 is 33.1 Å². The van der Waals surface area contributed by atoms with E-state index in [-0.39, 0.29) is 22.3 Å². The van der Waals surface area contributed by atoms with Gasteiger partial charge in [0, 0.05) is 37.0 Å². The van der Waals surface area contributed by atoms with E-state index in [1.165, 1.54) is 12.1 Å². The van der Waals surface area contributed by atoms with Gasteiger partial charge in [-0.1, -0.05) is 46.2 Å². The van der Waals surface area contributed by atoms with Crippen molar-refractivity contribution in [2.45, 2.75) is 51.0 Å². The lowest BCUT2D eigenvalue weighted by Gasteiger charge is -2.44. The van der Waals surface area contributed by atoms with Gasteiger partial charge in [-0.3, -0.25) is 0 Å². The van der Waals surface area contributed by atoms with E-state index in [1.807, 2.05) is 0 Å². The Morgan fingerprint density at radius 1 is 1.23 bits per heavy atom. The number of halogens is 2. The Labute approximate surface area is 189 Å². The minimum absolute atomic E-state index is 0.0921. The third-order valence-electron chi connectivity index (χ3n) is 5.57. The predicted molar refractivity (Wildman–Crippen MR) is 123 cm³/mol. The Hall–Kier alpha value is -1.93. The van der Waals surface area contributed by atoms with Gasteiger partial charge in [-0.05, 0) is 24.1 Å². The molecule has 2 heterocycles. The molecule has 1 fully saturated rings. The van der Waals surface area contributed by atoms with Gasteiger partial charge in [-0.25, -0.2) is 22.8 Å². The van der Waals surface area contributed by atoms with Crippen molar-refractivity contribution in [3.05, 3.63) is 40.9 Å². The fourth-order valence-corrected chi connectivity index (χ4v) is 4.99. The zero-order valence-electron chi connectivity index (χ0n) is 18.9. The third kappa shape index (κ3) is 5.12. The highest BCUT2D eigenvalue weighted by atomic mass is 35.5. The summed E-state index contributed by atoms with van der Waals surface area (Å²) < 4.78 is 37.9. The van der Waals surface area contributed by atoms with Gasteiger partial charge in [0.25, 0.3) is 0 Å². The smallest absolute Gasteiger partial charge is 0.226 e. The monoisotopic (exact) mass is 468 g/mol. The average Bonchev–Trinajstić information content (AvgIpc) is 2.66. The molecule has 1 unspecified atom stereocenters. The standard InChI is InChI=1S/C22H30ClFN4O2S/c1-14(2)18-13-27(15-7-8-17(24)19(11-15)31(6,29)30)9-10-28(18)21-25-12-16(23)20(26-21)22(3,4)5/h7-8,11-12,14,18H,9-10,13H2,1-6H3. The molecule has 0 amide bonds. The van der Waals surface area contributed by atoms with Gasteiger partial charge in [-0.2, -0.15) is 0 Å². The number of hydrogen-bond donors (Lipinski definition) is 0. The Balaban J connectivity index is 1.93. The van der Waals surface area contributed by atoms with Gasteiger partial charge < -0.3 is 9.80 Å². The maximum Gasteiger partial charge on any atom is 0.226 e. The van der Waals surface area contributed by atoms with Crippen LogP contribution in [0.2, 0.25) is 5.02 Å². The van der Waals surface area contributed by atoms with E-state index in [0.717, 1.165) is 11.9 Å². The van der Waals surface area contributed by atoms with Crippen LogP contribution in [-0.4, -0.2) is 50.3 Å². The first-order valence-electron chi connectivity index (χ1n) is 10.3. The van der Waals surface area contributed by atoms with Crippen molar-refractivity contribution in [3.8, 4) is 0 Å². The first-order valence-corrected chi connectivity index (χ1v) is 12.6.